The highest BCUT2D eigenvalue weighted by Gasteiger charge is 2.19. The fourth-order valence-corrected chi connectivity index (χ4v) is 3.98. The summed E-state index contributed by atoms with van der Waals surface area (Å²) in [5, 5.41) is 10.6. The Bertz CT molecular complexity index is 1040. The van der Waals surface area contributed by atoms with E-state index in [-0.39, 0.29) is 36.2 Å². The summed E-state index contributed by atoms with van der Waals surface area (Å²) in [7, 11) is 0. The number of benzene rings is 2. The molecule has 0 aliphatic rings. The van der Waals surface area contributed by atoms with Crippen molar-refractivity contribution in [3.05, 3.63) is 88.1 Å². The van der Waals surface area contributed by atoms with E-state index >= 15 is 0 Å². The van der Waals surface area contributed by atoms with Crippen LogP contribution in [0.4, 0.5) is 5.69 Å². The predicted molar refractivity (Wildman–Crippen MR) is 123 cm³/mol. The Morgan fingerprint density at radius 3 is 2.39 bits per heavy atom. The molecule has 3 rings (SSSR count). The van der Waals surface area contributed by atoms with E-state index in [1.807, 2.05) is 66.9 Å². The van der Waals surface area contributed by atoms with Gasteiger partial charge in [0, 0.05) is 23.1 Å². The quantitative estimate of drug-likeness (QED) is 0.489. The Balaban J connectivity index is 1.62. The number of amides is 3. The van der Waals surface area contributed by atoms with Gasteiger partial charge in [-0.3, -0.25) is 14.4 Å². The van der Waals surface area contributed by atoms with Gasteiger partial charge in [-0.25, -0.2) is 0 Å². The van der Waals surface area contributed by atoms with Crippen molar-refractivity contribution in [1.29, 1.82) is 0 Å². The molecule has 0 aliphatic heterocycles. The fourth-order valence-electron chi connectivity index (χ4n) is 3.21. The van der Waals surface area contributed by atoms with E-state index in [4.69, 9.17) is 0 Å². The molecule has 6 nitrogen and oxygen atoms in total. The topological polar surface area (TPSA) is 87.3 Å². The van der Waals surface area contributed by atoms with E-state index < -0.39 is 0 Å². The maximum absolute atomic E-state index is 12.6. The number of hydrogen-bond donors (Lipinski definition) is 3. The van der Waals surface area contributed by atoms with Gasteiger partial charge in [-0.05, 0) is 48.2 Å². The highest BCUT2D eigenvalue weighted by atomic mass is 32.1. The molecule has 3 aromatic rings. The highest BCUT2D eigenvalue weighted by molar-refractivity contribution is 7.10. The van der Waals surface area contributed by atoms with E-state index in [1.165, 1.54) is 18.3 Å². The number of thiophene rings is 1. The number of carbonyl (C=O) groups is 3. The Labute approximate surface area is 185 Å². The van der Waals surface area contributed by atoms with Crippen LogP contribution in [-0.2, 0) is 9.59 Å². The van der Waals surface area contributed by atoms with Crippen LogP contribution in [0.25, 0.3) is 0 Å². The van der Waals surface area contributed by atoms with Crippen molar-refractivity contribution in [2.24, 2.45) is 0 Å². The second kappa shape index (κ2) is 10.5. The third kappa shape index (κ3) is 6.52. The molecule has 0 saturated heterocycles. The number of carbonyl (C=O) groups excluding carboxylic acids is 3. The average Bonchev–Trinajstić information content (AvgIpc) is 3.28. The molecule has 2 atom stereocenters. The summed E-state index contributed by atoms with van der Waals surface area (Å²) in [6.45, 7) is 3.32. The largest absolute Gasteiger partial charge is 0.350 e. The molecule has 7 heteroatoms. The van der Waals surface area contributed by atoms with E-state index in [0.717, 1.165) is 10.4 Å². The van der Waals surface area contributed by atoms with Gasteiger partial charge in [0.15, 0.2) is 0 Å². The molecular formula is C24H25N3O3S. The molecule has 2 aromatic carbocycles. The summed E-state index contributed by atoms with van der Waals surface area (Å²) in [5.41, 5.74) is 2.10. The van der Waals surface area contributed by atoms with Crippen molar-refractivity contribution < 1.29 is 14.4 Å². The van der Waals surface area contributed by atoms with Crippen LogP contribution in [-0.4, -0.2) is 17.7 Å². The molecule has 0 aliphatic carbocycles. The summed E-state index contributed by atoms with van der Waals surface area (Å²) in [4.78, 5) is 37.5. The first-order chi connectivity index (χ1) is 14.9. The maximum Gasteiger partial charge on any atom is 0.255 e. The van der Waals surface area contributed by atoms with Crippen molar-refractivity contribution >= 4 is 34.7 Å². The zero-order valence-corrected chi connectivity index (χ0v) is 18.2. The number of hydrogen-bond acceptors (Lipinski definition) is 4. The minimum atomic E-state index is -0.360. The van der Waals surface area contributed by atoms with Gasteiger partial charge < -0.3 is 16.0 Å². The lowest BCUT2D eigenvalue weighted by atomic mass is 10.1. The number of anilines is 1. The third-order valence-corrected chi connectivity index (χ3v) is 5.70. The molecule has 1 heterocycles. The van der Waals surface area contributed by atoms with E-state index in [2.05, 4.69) is 16.0 Å². The molecule has 3 N–H and O–H groups in total. The maximum atomic E-state index is 12.6. The number of nitrogens with one attached hydrogen (secondary N) is 3. The smallest absolute Gasteiger partial charge is 0.255 e. The summed E-state index contributed by atoms with van der Waals surface area (Å²) in [5.74, 6) is -0.539. The molecule has 3 amide bonds. The van der Waals surface area contributed by atoms with Crippen molar-refractivity contribution in [3.63, 3.8) is 0 Å². The molecule has 0 bridgehead atoms. The van der Waals surface area contributed by atoms with E-state index in [0.29, 0.717) is 11.3 Å². The summed E-state index contributed by atoms with van der Waals surface area (Å²) >= 11 is 1.50. The second-order valence-corrected chi connectivity index (χ2v) is 8.19. The molecule has 2 unspecified atom stereocenters. The standard InChI is InChI=1S/C24H25N3O3S/c1-16(25-23(29)15-21(26-17(2)28)22-12-7-13-31-22)19-10-6-11-20(14-19)27-24(30)18-8-4-3-5-9-18/h3-14,16,21H,15H2,1-2H3,(H,25,29)(H,26,28)(H,27,30). The van der Waals surface area contributed by atoms with Gasteiger partial charge >= 0.3 is 0 Å². The SMILES string of the molecule is CC(=O)NC(CC(=O)NC(C)c1cccc(NC(=O)c2ccccc2)c1)c1cccs1. The lowest BCUT2D eigenvalue weighted by Gasteiger charge is -2.19. The van der Waals surface area contributed by atoms with Crippen molar-refractivity contribution in [2.45, 2.75) is 32.4 Å². The molecular weight excluding hydrogens is 410 g/mol. The summed E-state index contributed by atoms with van der Waals surface area (Å²) in [6, 6.07) is 19.5. The first kappa shape index (κ1) is 22.2. The Morgan fingerprint density at radius 1 is 0.935 bits per heavy atom. The second-order valence-electron chi connectivity index (χ2n) is 7.21. The highest BCUT2D eigenvalue weighted by Crippen LogP contribution is 2.23. The van der Waals surface area contributed by atoms with Gasteiger partial charge in [-0.1, -0.05) is 36.4 Å². The normalized spacial score (nSPS) is 12.5. The van der Waals surface area contributed by atoms with Crippen LogP contribution >= 0.6 is 11.3 Å². The van der Waals surface area contributed by atoms with Crippen molar-refractivity contribution in [2.75, 3.05) is 5.32 Å². The molecule has 160 valence electrons. The van der Waals surface area contributed by atoms with Gasteiger partial charge in [0.25, 0.3) is 5.91 Å². The molecule has 0 saturated carbocycles. The monoisotopic (exact) mass is 435 g/mol. The summed E-state index contributed by atoms with van der Waals surface area (Å²) in [6.07, 6.45) is 0.148. The van der Waals surface area contributed by atoms with Gasteiger partial charge in [-0.15, -0.1) is 11.3 Å². The zero-order valence-electron chi connectivity index (χ0n) is 17.4. The van der Waals surface area contributed by atoms with Crippen molar-refractivity contribution in [1.82, 2.24) is 10.6 Å². The number of rotatable bonds is 8. The zero-order chi connectivity index (χ0) is 22.2. The molecule has 1 aromatic heterocycles. The van der Waals surface area contributed by atoms with Gasteiger partial charge in [-0.2, -0.15) is 0 Å². The molecule has 0 spiro atoms. The Hall–Kier alpha value is -3.45. The van der Waals surface area contributed by atoms with Crippen LogP contribution in [0.2, 0.25) is 0 Å². The van der Waals surface area contributed by atoms with E-state index in [9.17, 15) is 14.4 Å². The molecule has 0 radical (unpaired) electrons. The van der Waals surface area contributed by atoms with Crippen LogP contribution in [0.1, 0.15) is 53.2 Å². The third-order valence-electron chi connectivity index (χ3n) is 4.71. The van der Waals surface area contributed by atoms with Gasteiger partial charge in [0.1, 0.15) is 0 Å². The lowest BCUT2D eigenvalue weighted by Crippen LogP contribution is -2.33. The lowest BCUT2D eigenvalue weighted by molar-refractivity contribution is -0.123. The predicted octanol–water partition coefficient (Wildman–Crippen LogP) is 4.45. The molecule has 0 fully saturated rings. The van der Waals surface area contributed by atoms with Crippen molar-refractivity contribution in [3.8, 4) is 0 Å². The Kier molecular flexibility index (Phi) is 7.56. The van der Waals surface area contributed by atoms with Crippen LogP contribution in [0, 0.1) is 0 Å². The van der Waals surface area contributed by atoms with Crippen LogP contribution in [0.5, 0.6) is 0 Å². The van der Waals surface area contributed by atoms with Gasteiger partial charge in [0.2, 0.25) is 11.8 Å². The first-order valence-electron chi connectivity index (χ1n) is 9.98. The minimum absolute atomic E-state index is 0.148. The van der Waals surface area contributed by atoms with Crippen LogP contribution < -0.4 is 16.0 Å². The fraction of sp³-hybridized carbons (Fsp3) is 0.208. The first-order valence-corrected chi connectivity index (χ1v) is 10.9. The molecule has 31 heavy (non-hydrogen) atoms. The minimum Gasteiger partial charge on any atom is -0.350 e. The Morgan fingerprint density at radius 2 is 1.71 bits per heavy atom. The van der Waals surface area contributed by atoms with E-state index in [1.54, 1.807) is 12.1 Å². The van der Waals surface area contributed by atoms with Gasteiger partial charge in [0.05, 0.1) is 18.5 Å². The van der Waals surface area contributed by atoms with Crippen LogP contribution in [0.3, 0.4) is 0 Å². The summed E-state index contributed by atoms with van der Waals surface area (Å²) < 4.78 is 0. The average molecular weight is 436 g/mol. The van der Waals surface area contributed by atoms with Crippen LogP contribution in [0.15, 0.2) is 72.1 Å².